The maximum atomic E-state index is 9.00. The second-order valence-electron chi connectivity index (χ2n) is 1.83. The Kier molecular flexibility index (Phi) is 8.87. The normalized spacial score (nSPS) is 7.00. The van der Waals surface area contributed by atoms with E-state index in [0.29, 0.717) is 0 Å². The van der Waals surface area contributed by atoms with Crippen molar-refractivity contribution in [1.82, 2.24) is 0 Å². The van der Waals surface area contributed by atoms with Crippen LogP contribution in [0.1, 0.15) is 27.2 Å². The summed E-state index contributed by atoms with van der Waals surface area (Å²) in [6, 6.07) is 0. The Morgan fingerprint density at radius 1 is 1.56 bits per heavy atom. The molecule has 2 nitrogen and oxygen atoms in total. The van der Waals surface area contributed by atoms with E-state index < -0.39 is 5.97 Å². The highest BCUT2D eigenvalue weighted by Crippen LogP contribution is 1.88. The number of hydrogen-bond acceptors (Lipinski definition) is 1. The van der Waals surface area contributed by atoms with E-state index in [9.17, 15) is 0 Å². The SMILES string of the molecule is C=C(C)CC.CC(=O)O. The molecule has 0 saturated carbocycles. The fraction of sp³-hybridized carbons (Fsp3) is 0.571. The van der Waals surface area contributed by atoms with Crippen molar-refractivity contribution in [1.29, 1.82) is 0 Å². The smallest absolute Gasteiger partial charge is 0.300 e. The van der Waals surface area contributed by atoms with Crippen LogP contribution in [0.4, 0.5) is 0 Å². The number of rotatable bonds is 1. The molecule has 0 aromatic rings. The molecule has 0 heterocycles. The summed E-state index contributed by atoms with van der Waals surface area (Å²) in [4.78, 5) is 9.00. The van der Waals surface area contributed by atoms with Crippen LogP contribution in [0.25, 0.3) is 0 Å². The molecule has 54 valence electrons. The van der Waals surface area contributed by atoms with Gasteiger partial charge in [-0.25, -0.2) is 0 Å². The van der Waals surface area contributed by atoms with Gasteiger partial charge in [0.1, 0.15) is 0 Å². The molecule has 9 heavy (non-hydrogen) atoms. The molecule has 0 bridgehead atoms. The number of carbonyl (C=O) groups is 1. The molecule has 0 saturated heterocycles. The van der Waals surface area contributed by atoms with Crippen LogP contribution in [0.2, 0.25) is 0 Å². The Hall–Kier alpha value is -0.790. The first-order chi connectivity index (χ1) is 4.00. The Morgan fingerprint density at radius 2 is 1.67 bits per heavy atom. The van der Waals surface area contributed by atoms with E-state index in [-0.39, 0.29) is 0 Å². The van der Waals surface area contributed by atoms with Crippen molar-refractivity contribution in [3.05, 3.63) is 12.2 Å². The van der Waals surface area contributed by atoms with Crippen LogP contribution in [0, 0.1) is 0 Å². The third kappa shape index (κ3) is 134. The van der Waals surface area contributed by atoms with Crippen LogP contribution in [-0.2, 0) is 4.79 Å². The maximum Gasteiger partial charge on any atom is 0.300 e. The second kappa shape index (κ2) is 7.21. The average molecular weight is 130 g/mol. The van der Waals surface area contributed by atoms with Crippen molar-refractivity contribution >= 4 is 5.97 Å². The number of carboxylic acids is 1. The van der Waals surface area contributed by atoms with E-state index in [4.69, 9.17) is 9.90 Å². The summed E-state index contributed by atoms with van der Waals surface area (Å²) in [5.74, 6) is -0.833. The molecule has 0 aromatic heterocycles. The summed E-state index contributed by atoms with van der Waals surface area (Å²) >= 11 is 0. The van der Waals surface area contributed by atoms with Crippen molar-refractivity contribution in [2.75, 3.05) is 0 Å². The lowest BCUT2D eigenvalue weighted by Gasteiger charge is -1.79. The van der Waals surface area contributed by atoms with Crippen LogP contribution in [0.15, 0.2) is 12.2 Å². The van der Waals surface area contributed by atoms with Gasteiger partial charge in [-0.1, -0.05) is 12.5 Å². The van der Waals surface area contributed by atoms with Gasteiger partial charge >= 0.3 is 0 Å². The maximum absolute atomic E-state index is 9.00. The van der Waals surface area contributed by atoms with Gasteiger partial charge in [0.25, 0.3) is 5.97 Å². The lowest BCUT2D eigenvalue weighted by Crippen LogP contribution is -1.78. The first kappa shape index (κ1) is 11.1. The number of hydrogen-bond donors (Lipinski definition) is 1. The molecule has 0 aliphatic carbocycles. The zero-order valence-electron chi connectivity index (χ0n) is 6.27. The van der Waals surface area contributed by atoms with Crippen LogP contribution >= 0.6 is 0 Å². The zero-order chi connectivity index (χ0) is 7.86. The van der Waals surface area contributed by atoms with E-state index >= 15 is 0 Å². The summed E-state index contributed by atoms with van der Waals surface area (Å²) in [7, 11) is 0. The monoisotopic (exact) mass is 130 g/mol. The third-order valence-corrected chi connectivity index (χ3v) is 0.604. The van der Waals surface area contributed by atoms with Gasteiger partial charge in [0.2, 0.25) is 0 Å². The van der Waals surface area contributed by atoms with E-state index in [1.807, 2.05) is 6.92 Å². The van der Waals surface area contributed by atoms with Gasteiger partial charge in [0.15, 0.2) is 0 Å². The molecule has 0 rings (SSSR count). The van der Waals surface area contributed by atoms with E-state index in [2.05, 4.69) is 13.5 Å². The Bertz CT molecular complexity index is 91.1. The van der Waals surface area contributed by atoms with E-state index in [1.54, 1.807) is 0 Å². The molecular weight excluding hydrogens is 116 g/mol. The topological polar surface area (TPSA) is 37.3 Å². The van der Waals surface area contributed by atoms with Gasteiger partial charge in [-0.15, -0.1) is 6.58 Å². The number of allylic oxidation sites excluding steroid dienone is 1. The minimum Gasteiger partial charge on any atom is -0.481 e. The summed E-state index contributed by atoms with van der Waals surface area (Å²) < 4.78 is 0. The van der Waals surface area contributed by atoms with Crippen molar-refractivity contribution in [3.63, 3.8) is 0 Å². The second-order valence-corrected chi connectivity index (χ2v) is 1.83. The van der Waals surface area contributed by atoms with Crippen molar-refractivity contribution in [2.45, 2.75) is 27.2 Å². The number of carboxylic acid groups (broad SMARTS) is 1. The molecule has 0 spiro atoms. The average Bonchev–Trinajstić information content (AvgIpc) is 1.65. The van der Waals surface area contributed by atoms with Crippen LogP contribution in [0.3, 0.4) is 0 Å². The zero-order valence-corrected chi connectivity index (χ0v) is 6.27. The summed E-state index contributed by atoms with van der Waals surface area (Å²) in [5.41, 5.74) is 1.25. The predicted octanol–water partition coefficient (Wildman–Crippen LogP) is 2.06. The molecule has 0 aromatic carbocycles. The summed E-state index contributed by atoms with van der Waals surface area (Å²) in [6.07, 6.45) is 1.11. The summed E-state index contributed by atoms with van der Waals surface area (Å²) in [6.45, 7) is 8.88. The molecule has 0 aliphatic rings. The standard InChI is InChI=1S/C5H10.C2H4O2/c1-4-5(2)3;1-2(3)4/h2,4H2,1,3H3;1H3,(H,3,4). The molecule has 0 atom stereocenters. The Labute approximate surface area is 56.2 Å². The first-order valence-electron chi connectivity index (χ1n) is 2.84. The lowest BCUT2D eigenvalue weighted by molar-refractivity contribution is -0.134. The number of aliphatic carboxylic acids is 1. The third-order valence-electron chi connectivity index (χ3n) is 0.604. The Morgan fingerprint density at radius 3 is 1.67 bits per heavy atom. The predicted molar refractivity (Wildman–Crippen MR) is 38.4 cm³/mol. The van der Waals surface area contributed by atoms with Gasteiger partial charge in [-0.2, -0.15) is 0 Å². The molecule has 0 radical (unpaired) electrons. The highest BCUT2D eigenvalue weighted by atomic mass is 16.4. The van der Waals surface area contributed by atoms with Crippen molar-refractivity contribution in [2.24, 2.45) is 0 Å². The highest BCUT2D eigenvalue weighted by Gasteiger charge is 1.67. The van der Waals surface area contributed by atoms with Gasteiger partial charge < -0.3 is 5.11 Å². The van der Waals surface area contributed by atoms with Crippen LogP contribution in [0.5, 0.6) is 0 Å². The van der Waals surface area contributed by atoms with Gasteiger partial charge in [-0.3, -0.25) is 4.79 Å². The molecule has 0 aliphatic heterocycles. The van der Waals surface area contributed by atoms with Gasteiger partial charge in [-0.05, 0) is 13.3 Å². The van der Waals surface area contributed by atoms with Crippen molar-refractivity contribution in [3.8, 4) is 0 Å². The molecule has 1 N–H and O–H groups in total. The van der Waals surface area contributed by atoms with Crippen LogP contribution in [-0.4, -0.2) is 11.1 Å². The van der Waals surface area contributed by atoms with Crippen LogP contribution < -0.4 is 0 Å². The molecule has 0 amide bonds. The quantitative estimate of drug-likeness (QED) is 0.551. The minimum atomic E-state index is -0.833. The lowest BCUT2D eigenvalue weighted by atomic mass is 10.3. The molecule has 0 fully saturated rings. The van der Waals surface area contributed by atoms with E-state index in [0.717, 1.165) is 13.3 Å². The van der Waals surface area contributed by atoms with Crippen molar-refractivity contribution < 1.29 is 9.90 Å². The Balaban J connectivity index is 0. The summed E-state index contributed by atoms with van der Waals surface area (Å²) in [5, 5.41) is 7.42. The fourth-order valence-corrected chi connectivity index (χ4v) is 0. The molecular formula is C7H14O2. The fourth-order valence-electron chi connectivity index (χ4n) is 0. The van der Waals surface area contributed by atoms with Gasteiger partial charge in [0.05, 0.1) is 0 Å². The molecule has 0 unspecified atom stereocenters. The minimum absolute atomic E-state index is 0.833. The first-order valence-corrected chi connectivity index (χ1v) is 2.84. The van der Waals surface area contributed by atoms with Gasteiger partial charge in [0, 0.05) is 6.92 Å². The highest BCUT2D eigenvalue weighted by molar-refractivity contribution is 5.62. The van der Waals surface area contributed by atoms with E-state index in [1.165, 1.54) is 5.57 Å². The molecule has 2 heteroatoms. The largest absolute Gasteiger partial charge is 0.481 e.